The van der Waals surface area contributed by atoms with Crippen molar-refractivity contribution in [3.63, 3.8) is 0 Å². The number of nitrogens with zero attached hydrogens (tertiary/aromatic N) is 3. The Labute approximate surface area is 120 Å². The molecule has 1 atom stereocenters. The van der Waals surface area contributed by atoms with Gasteiger partial charge in [0.2, 0.25) is 0 Å². The predicted molar refractivity (Wildman–Crippen MR) is 80.1 cm³/mol. The smallest absolute Gasteiger partial charge is 0.0538 e. The van der Waals surface area contributed by atoms with Gasteiger partial charge in [0.05, 0.1) is 12.2 Å². The van der Waals surface area contributed by atoms with Crippen molar-refractivity contribution in [2.45, 2.75) is 39.0 Å². The van der Waals surface area contributed by atoms with Crippen LogP contribution >= 0.6 is 0 Å². The summed E-state index contributed by atoms with van der Waals surface area (Å²) in [6.45, 7) is 6.85. The molecule has 1 aliphatic rings. The maximum absolute atomic E-state index is 6.03. The largest absolute Gasteiger partial charge is 0.329 e. The Morgan fingerprint density at radius 1 is 1.20 bits per heavy atom. The van der Waals surface area contributed by atoms with Crippen molar-refractivity contribution in [3.8, 4) is 0 Å². The quantitative estimate of drug-likeness (QED) is 0.928. The van der Waals surface area contributed by atoms with Crippen molar-refractivity contribution in [3.05, 3.63) is 53.3 Å². The molecule has 4 heteroatoms. The van der Waals surface area contributed by atoms with E-state index in [1.54, 1.807) is 0 Å². The minimum absolute atomic E-state index is 0.245. The van der Waals surface area contributed by atoms with Gasteiger partial charge in [-0.3, -0.25) is 9.58 Å². The van der Waals surface area contributed by atoms with E-state index in [-0.39, 0.29) is 6.04 Å². The third-order valence-electron chi connectivity index (χ3n) is 4.06. The van der Waals surface area contributed by atoms with Gasteiger partial charge in [0, 0.05) is 37.4 Å². The van der Waals surface area contributed by atoms with Gasteiger partial charge in [-0.15, -0.1) is 0 Å². The summed E-state index contributed by atoms with van der Waals surface area (Å²) in [5, 5.41) is 4.44. The topological polar surface area (TPSA) is 47.1 Å². The molecule has 2 heterocycles. The summed E-state index contributed by atoms with van der Waals surface area (Å²) in [4.78, 5) is 2.44. The van der Waals surface area contributed by atoms with E-state index < -0.39 is 0 Å². The molecule has 0 fully saturated rings. The monoisotopic (exact) mass is 270 g/mol. The summed E-state index contributed by atoms with van der Waals surface area (Å²) in [7, 11) is 0. The molecular formula is C16H22N4. The van der Waals surface area contributed by atoms with Gasteiger partial charge in [-0.05, 0) is 25.0 Å². The van der Waals surface area contributed by atoms with Gasteiger partial charge in [0.25, 0.3) is 0 Å². The fourth-order valence-electron chi connectivity index (χ4n) is 2.88. The van der Waals surface area contributed by atoms with E-state index in [1.807, 2.05) is 10.9 Å². The highest BCUT2D eigenvalue weighted by Crippen LogP contribution is 2.30. The minimum atomic E-state index is 0.245. The van der Waals surface area contributed by atoms with Crippen LogP contribution in [0.25, 0.3) is 0 Å². The molecule has 0 radical (unpaired) electrons. The van der Waals surface area contributed by atoms with Gasteiger partial charge in [0.15, 0.2) is 0 Å². The fourth-order valence-corrected chi connectivity index (χ4v) is 2.88. The van der Waals surface area contributed by atoms with Crippen molar-refractivity contribution in [2.24, 2.45) is 5.73 Å². The lowest BCUT2D eigenvalue weighted by atomic mass is 10.1. The Balaban J connectivity index is 1.81. The molecule has 3 rings (SSSR count). The molecule has 4 nitrogen and oxygen atoms in total. The second kappa shape index (κ2) is 5.38. The molecule has 2 aromatic rings. The van der Waals surface area contributed by atoms with E-state index in [0.29, 0.717) is 12.6 Å². The highest BCUT2D eigenvalue weighted by molar-refractivity contribution is 5.31. The zero-order valence-corrected chi connectivity index (χ0v) is 12.2. The van der Waals surface area contributed by atoms with Gasteiger partial charge in [-0.2, -0.15) is 5.10 Å². The van der Waals surface area contributed by atoms with Crippen molar-refractivity contribution in [1.29, 1.82) is 0 Å². The molecule has 106 valence electrons. The van der Waals surface area contributed by atoms with E-state index in [9.17, 15) is 0 Å². The van der Waals surface area contributed by atoms with E-state index in [2.05, 4.69) is 54.3 Å². The molecule has 0 spiro atoms. The number of hydrogen-bond donors (Lipinski definition) is 1. The van der Waals surface area contributed by atoms with Crippen LogP contribution in [-0.4, -0.2) is 21.2 Å². The summed E-state index contributed by atoms with van der Waals surface area (Å²) in [5.41, 5.74) is 10.1. The molecule has 0 amide bonds. The van der Waals surface area contributed by atoms with Crippen molar-refractivity contribution < 1.29 is 0 Å². The normalized spacial score (nSPS) is 16.6. The molecule has 1 unspecified atom stereocenters. The van der Waals surface area contributed by atoms with Crippen LogP contribution in [-0.2, 0) is 13.1 Å². The third kappa shape index (κ3) is 2.37. The lowest BCUT2D eigenvalue weighted by Gasteiger charge is -2.25. The van der Waals surface area contributed by atoms with Crippen molar-refractivity contribution >= 4 is 0 Å². The first kappa shape index (κ1) is 13.3. The highest BCUT2D eigenvalue weighted by atomic mass is 15.3. The number of nitrogens with two attached hydrogens (primary N) is 1. The Morgan fingerprint density at radius 3 is 2.35 bits per heavy atom. The molecule has 1 aromatic heterocycles. The number of hydrogen-bond acceptors (Lipinski definition) is 3. The summed E-state index contributed by atoms with van der Waals surface area (Å²) >= 11 is 0. The summed E-state index contributed by atoms with van der Waals surface area (Å²) < 4.78 is 2.00. The number of fused-ring (bicyclic) bond motifs is 1. The van der Waals surface area contributed by atoms with Crippen LogP contribution in [0.2, 0.25) is 0 Å². The van der Waals surface area contributed by atoms with Crippen LogP contribution < -0.4 is 5.73 Å². The van der Waals surface area contributed by atoms with Gasteiger partial charge >= 0.3 is 0 Å². The second-order valence-corrected chi connectivity index (χ2v) is 5.77. The third-order valence-corrected chi connectivity index (χ3v) is 4.06. The van der Waals surface area contributed by atoms with Gasteiger partial charge in [0.1, 0.15) is 0 Å². The lowest BCUT2D eigenvalue weighted by molar-refractivity contribution is 0.205. The molecule has 0 bridgehead atoms. The summed E-state index contributed by atoms with van der Waals surface area (Å²) in [6.07, 6.45) is 4.09. The molecule has 0 saturated carbocycles. The average molecular weight is 270 g/mol. The molecule has 1 aliphatic heterocycles. The first-order valence-corrected chi connectivity index (χ1v) is 7.24. The van der Waals surface area contributed by atoms with E-state index >= 15 is 0 Å². The molecule has 1 aromatic carbocycles. The zero-order valence-electron chi connectivity index (χ0n) is 12.2. The maximum Gasteiger partial charge on any atom is 0.0538 e. The van der Waals surface area contributed by atoms with Crippen LogP contribution in [0, 0.1) is 0 Å². The Bertz CT molecular complexity index is 563. The summed E-state index contributed by atoms with van der Waals surface area (Å²) in [6, 6.07) is 9.27. The van der Waals surface area contributed by atoms with Gasteiger partial charge in [-0.1, -0.05) is 24.3 Å². The van der Waals surface area contributed by atoms with Crippen LogP contribution in [0.15, 0.2) is 36.7 Å². The molecular weight excluding hydrogens is 248 g/mol. The second-order valence-electron chi connectivity index (χ2n) is 5.77. The predicted octanol–water partition coefficient (Wildman–Crippen LogP) is 2.48. The van der Waals surface area contributed by atoms with Gasteiger partial charge in [-0.25, -0.2) is 0 Å². The van der Waals surface area contributed by atoms with Crippen molar-refractivity contribution in [2.75, 3.05) is 6.54 Å². The number of rotatable bonds is 4. The van der Waals surface area contributed by atoms with E-state index in [4.69, 9.17) is 5.73 Å². The van der Waals surface area contributed by atoms with Crippen molar-refractivity contribution in [1.82, 2.24) is 14.7 Å². The standard InChI is InChI=1S/C16H22N4/c1-12(2)20-11-15(8-18-20)16(7-17)19-9-13-5-3-4-6-14(13)10-19/h3-6,8,11-12,16H,7,9-10,17H2,1-2H3. The molecule has 0 aliphatic carbocycles. The Hall–Kier alpha value is -1.65. The first-order valence-electron chi connectivity index (χ1n) is 7.24. The summed E-state index contributed by atoms with van der Waals surface area (Å²) in [5.74, 6) is 0. The van der Waals surface area contributed by atoms with E-state index in [1.165, 1.54) is 16.7 Å². The molecule has 2 N–H and O–H groups in total. The van der Waals surface area contributed by atoms with Crippen LogP contribution in [0.4, 0.5) is 0 Å². The van der Waals surface area contributed by atoms with Crippen LogP contribution in [0.1, 0.15) is 42.6 Å². The maximum atomic E-state index is 6.03. The minimum Gasteiger partial charge on any atom is -0.329 e. The van der Waals surface area contributed by atoms with Gasteiger partial charge < -0.3 is 5.73 Å². The Morgan fingerprint density at radius 2 is 1.85 bits per heavy atom. The first-order chi connectivity index (χ1) is 9.69. The fraction of sp³-hybridized carbons (Fsp3) is 0.438. The average Bonchev–Trinajstić information content (AvgIpc) is 3.06. The van der Waals surface area contributed by atoms with Crippen LogP contribution in [0.5, 0.6) is 0 Å². The highest BCUT2D eigenvalue weighted by Gasteiger charge is 2.26. The number of benzene rings is 1. The number of aromatic nitrogens is 2. The SMILES string of the molecule is CC(C)n1cc(C(CN)N2Cc3ccccc3C2)cn1. The molecule has 20 heavy (non-hydrogen) atoms. The lowest BCUT2D eigenvalue weighted by Crippen LogP contribution is -2.29. The Kier molecular flexibility index (Phi) is 3.59. The van der Waals surface area contributed by atoms with E-state index in [0.717, 1.165) is 13.1 Å². The molecule has 0 saturated heterocycles. The zero-order chi connectivity index (χ0) is 14.1. The van der Waals surface area contributed by atoms with Crippen LogP contribution in [0.3, 0.4) is 0 Å².